The maximum atomic E-state index is 12.4. The molecule has 0 atom stereocenters. The molecule has 0 N–H and O–H groups in total. The molecule has 0 aromatic heterocycles. The first kappa shape index (κ1) is 24.3. The van der Waals surface area contributed by atoms with Crippen LogP contribution in [0.15, 0.2) is 0 Å². The molecule has 0 rings (SSSR count). The van der Waals surface area contributed by atoms with Gasteiger partial charge in [-0.3, -0.25) is 9.05 Å². The van der Waals surface area contributed by atoms with Gasteiger partial charge in [0, 0.05) is 18.2 Å². The van der Waals surface area contributed by atoms with Gasteiger partial charge in [-0.2, -0.15) is 0 Å². The first-order valence-electron chi connectivity index (χ1n) is 7.84. The molecule has 0 aliphatic rings. The molecule has 0 spiro atoms. The molecule has 0 fully saturated rings. The summed E-state index contributed by atoms with van der Waals surface area (Å²) >= 11 is 23.2. The van der Waals surface area contributed by atoms with Crippen molar-refractivity contribution in [2.45, 2.75) is 56.9 Å². The Bertz CT molecular complexity index is 331. The Morgan fingerprint density at radius 3 is 1.96 bits per heavy atom. The standard InChI is InChI=1S/C14H27Cl4O4P/c1-13(2)7-5-3-4-6-8-14(17,18)22-23(19,20-11-9-15)21-12-10-16/h13H,3-12H2,1-2H3. The van der Waals surface area contributed by atoms with Gasteiger partial charge in [-0.15, -0.1) is 23.2 Å². The van der Waals surface area contributed by atoms with Crippen LogP contribution < -0.4 is 0 Å². The van der Waals surface area contributed by atoms with E-state index in [4.69, 9.17) is 60.0 Å². The van der Waals surface area contributed by atoms with Crippen molar-refractivity contribution in [2.24, 2.45) is 5.92 Å². The molecule has 9 heteroatoms. The molecule has 140 valence electrons. The topological polar surface area (TPSA) is 44.8 Å². The summed E-state index contributed by atoms with van der Waals surface area (Å²) in [6.45, 7) is 4.41. The van der Waals surface area contributed by atoms with Gasteiger partial charge in [0.1, 0.15) is 0 Å². The summed E-state index contributed by atoms with van der Waals surface area (Å²) in [5, 5.41) is 0. The normalized spacial score (nSPS) is 13.0. The van der Waals surface area contributed by atoms with E-state index in [9.17, 15) is 4.57 Å². The van der Waals surface area contributed by atoms with Crippen molar-refractivity contribution in [3.8, 4) is 0 Å². The Morgan fingerprint density at radius 1 is 0.957 bits per heavy atom. The lowest BCUT2D eigenvalue weighted by molar-refractivity contribution is 0.0937. The van der Waals surface area contributed by atoms with Crippen LogP contribution in [0.25, 0.3) is 0 Å². The van der Waals surface area contributed by atoms with Crippen molar-refractivity contribution in [1.82, 2.24) is 0 Å². The molecule has 0 saturated heterocycles. The third kappa shape index (κ3) is 14.2. The van der Waals surface area contributed by atoms with E-state index >= 15 is 0 Å². The second-order valence-corrected chi connectivity index (χ2v) is 9.33. The third-order valence-corrected chi connectivity index (χ3v) is 5.49. The number of hydrogen-bond acceptors (Lipinski definition) is 4. The molecule has 0 aromatic carbocycles. The first-order valence-corrected chi connectivity index (χ1v) is 11.1. The molecule has 23 heavy (non-hydrogen) atoms. The maximum Gasteiger partial charge on any atom is 0.477 e. The van der Waals surface area contributed by atoms with Gasteiger partial charge in [0.2, 0.25) is 4.52 Å². The fraction of sp³-hybridized carbons (Fsp3) is 1.00. The van der Waals surface area contributed by atoms with E-state index < -0.39 is 12.3 Å². The van der Waals surface area contributed by atoms with Crippen molar-refractivity contribution in [2.75, 3.05) is 25.0 Å². The van der Waals surface area contributed by atoms with Crippen LogP contribution >= 0.6 is 54.2 Å². The molecule has 0 aliphatic carbocycles. The van der Waals surface area contributed by atoms with Gasteiger partial charge in [0.15, 0.2) is 0 Å². The summed E-state index contributed by atoms with van der Waals surface area (Å²) < 4.78 is 26.0. The van der Waals surface area contributed by atoms with Gasteiger partial charge in [0.05, 0.1) is 13.2 Å². The second-order valence-electron chi connectivity index (χ2n) is 5.57. The highest BCUT2D eigenvalue weighted by molar-refractivity contribution is 7.48. The lowest BCUT2D eigenvalue weighted by atomic mass is 10.0. The van der Waals surface area contributed by atoms with E-state index in [0.717, 1.165) is 19.3 Å². The Balaban J connectivity index is 4.23. The molecular weight excluding hydrogens is 405 g/mol. The molecule has 0 bridgehead atoms. The largest absolute Gasteiger partial charge is 0.477 e. The molecule has 0 radical (unpaired) electrons. The maximum absolute atomic E-state index is 12.4. The monoisotopic (exact) mass is 430 g/mol. The van der Waals surface area contributed by atoms with Crippen LogP contribution in [-0.2, 0) is 18.1 Å². The van der Waals surface area contributed by atoms with Gasteiger partial charge in [-0.1, -0.05) is 62.7 Å². The van der Waals surface area contributed by atoms with E-state index in [2.05, 4.69) is 13.8 Å². The summed E-state index contributed by atoms with van der Waals surface area (Å²) in [4.78, 5) is 0. The Kier molecular flexibility index (Phi) is 14.2. The molecule has 0 aromatic rings. The van der Waals surface area contributed by atoms with E-state index in [1.165, 1.54) is 12.8 Å². The van der Waals surface area contributed by atoms with Crippen LogP contribution in [0.3, 0.4) is 0 Å². The number of unbranched alkanes of at least 4 members (excludes halogenated alkanes) is 3. The van der Waals surface area contributed by atoms with Gasteiger partial charge < -0.3 is 0 Å². The Morgan fingerprint density at radius 2 is 1.48 bits per heavy atom. The fourth-order valence-electron chi connectivity index (χ4n) is 1.83. The predicted molar refractivity (Wildman–Crippen MR) is 99.0 cm³/mol. The predicted octanol–water partition coefficient (Wildman–Crippen LogP) is 6.75. The zero-order chi connectivity index (χ0) is 17.8. The highest BCUT2D eigenvalue weighted by Crippen LogP contribution is 2.55. The fourth-order valence-corrected chi connectivity index (χ4v) is 4.20. The van der Waals surface area contributed by atoms with Crippen molar-refractivity contribution in [3.05, 3.63) is 0 Å². The van der Waals surface area contributed by atoms with E-state index in [1.807, 2.05) is 0 Å². The second kappa shape index (κ2) is 13.5. The van der Waals surface area contributed by atoms with Crippen LogP contribution in [0.1, 0.15) is 52.4 Å². The summed E-state index contributed by atoms with van der Waals surface area (Å²) in [6, 6.07) is 0. The molecular formula is C14H27Cl4O4P. The van der Waals surface area contributed by atoms with Crippen molar-refractivity contribution in [3.63, 3.8) is 0 Å². The zero-order valence-electron chi connectivity index (χ0n) is 13.7. The van der Waals surface area contributed by atoms with Gasteiger partial charge in [-0.25, -0.2) is 9.09 Å². The lowest BCUT2D eigenvalue weighted by Gasteiger charge is -2.25. The van der Waals surface area contributed by atoms with Crippen LogP contribution in [0.4, 0.5) is 0 Å². The average Bonchev–Trinajstić information content (AvgIpc) is 2.46. The molecule has 0 unspecified atom stereocenters. The van der Waals surface area contributed by atoms with Crippen LogP contribution in [0.2, 0.25) is 0 Å². The summed E-state index contributed by atoms with van der Waals surface area (Å²) in [5.74, 6) is 0.998. The molecule has 0 aliphatic heterocycles. The van der Waals surface area contributed by atoms with E-state index in [0.29, 0.717) is 12.3 Å². The highest BCUT2D eigenvalue weighted by Gasteiger charge is 2.38. The number of phosphoric acid groups is 1. The average molecular weight is 432 g/mol. The number of halogens is 4. The third-order valence-electron chi connectivity index (χ3n) is 2.90. The molecule has 4 nitrogen and oxygen atoms in total. The smallest absolute Gasteiger partial charge is 0.286 e. The number of phosphoric ester groups is 1. The number of rotatable bonds is 15. The van der Waals surface area contributed by atoms with E-state index in [-0.39, 0.29) is 25.0 Å². The molecule has 0 amide bonds. The Hall–Kier alpha value is 1.27. The van der Waals surface area contributed by atoms with Crippen LogP contribution in [0.5, 0.6) is 0 Å². The minimum Gasteiger partial charge on any atom is -0.286 e. The zero-order valence-corrected chi connectivity index (χ0v) is 17.7. The van der Waals surface area contributed by atoms with Gasteiger partial charge >= 0.3 is 7.82 Å². The minimum atomic E-state index is -3.88. The molecule has 0 saturated carbocycles. The lowest BCUT2D eigenvalue weighted by Crippen LogP contribution is -2.19. The number of hydrogen-bond donors (Lipinski definition) is 0. The minimum absolute atomic E-state index is 0.000178. The van der Waals surface area contributed by atoms with Gasteiger partial charge in [0.25, 0.3) is 0 Å². The van der Waals surface area contributed by atoms with Gasteiger partial charge in [-0.05, 0) is 12.3 Å². The Labute approximate surface area is 160 Å². The van der Waals surface area contributed by atoms with Crippen LogP contribution in [0, 0.1) is 5.92 Å². The quantitative estimate of drug-likeness (QED) is 0.163. The number of alkyl halides is 4. The summed E-state index contributed by atoms with van der Waals surface area (Å²) in [7, 11) is -3.88. The SMILES string of the molecule is CC(C)CCCCCCC(Cl)(Cl)OP(=O)(OCCCl)OCCCl. The first-order chi connectivity index (χ1) is 10.7. The van der Waals surface area contributed by atoms with Crippen molar-refractivity contribution < 1.29 is 18.1 Å². The van der Waals surface area contributed by atoms with Crippen molar-refractivity contribution >= 4 is 54.2 Å². The van der Waals surface area contributed by atoms with Crippen molar-refractivity contribution in [1.29, 1.82) is 0 Å². The summed E-state index contributed by atoms with van der Waals surface area (Å²) in [6.07, 6.45) is 5.55. The highest BCUT2D eigenvalue weighted by atomic mass is 35.5. The summed E-state index contributed by atoms with van der Waals surface area (Å²) in [5.41, 5.74) is 0. The van der Waals surface area contributed by atoms with E-state index in [1.54, 1.807) is 0 Å². The molecule has 0 heterocycles. The van der Waals surface area contributed by atoms with Crippen LogP contribution in [-0.4, -0.2) is 29.5 Å².